The minimum absolute atomic E-state index is 0.314. The van der Waals surface area contributed by atoms with Gasteiger partial charge in [-0.3, -0.25) is 0 Å². The minimum Gasteiger partial charge on any atom is -0.504 e. The van der Waals surface area contributed by atoms with E-state index in [0.29, 0.717) is 31.0 Å². The number of aliphatic hydroxyl groups is 1. The number of hydrogen-bond donors (Lipinski definition) is 5. The molecule has 1 unspecified atom stereocenters. The first-order valence-electron chi connectivity index (χ1n) is 6.03. The van der Waals surface area contributed by atoms with Gasteiger partial charge in [0.25, 0.3) is 0 Å². The van der Waals surface area contributed by atoms with Crippen molar-refractivity contribution in [3.05, 3.63) is 17.7 Å². The van der Waals surface area contributed by atoms with Gasteiger partial charge >= 0.3 is 0 Å². The van der Waals surface area contributed by atoms with Crippen molar-refractivity contribution in [1.29, 1.82) is 0 Å². The molecule has 0 saturated carbocycles. The number of aliphatic hydroxyl groups excluding tert-OH is 1. The van der Waals surface area contributed by atoms with Crippen LogP contribution in [0.15, 0.2) is 12.1 Å². The van der Waals surface area contributed by atoms with E-state index in [9.17, 15) is 15.3 Å². The molecule has 1 aromatic rings. The Hall–Kier alpha value is -1.46. The standard InChI is InChI=1S/C13H21NO4/c1-8(2)5-10(15)7-14-6-9-3-4-11(16)13(18)12(9)17/h3-4,8,10,14-18H,5-7H2,1-2H3. The fourth-order valence-corrected chi connectivity index (χ4v) is 1.75. The molecule has 5 heteroatoms. The van der Waals surface area contributed by atoms with Gasteiger partial charge in [0.15, 0.2) is 11.5 Å². The monoisotopic (exact) mass is 255 g/mol. The van der Waals surface area contributed by atoms with Gasteiger partial charge < -0.3 is 25.7 Å². The lowest BCUT2D eigenvalue weighted by Crippen LogP contribution is -2.27. The summed E-state index contributed by atoms with van der Waals surface area (Å²) in [5, 5.41) is 40.7. The third kappa shape index (κ3) is 4.09. The lowest BCUT2D eigenvalue weighted by atomic mass is 10.1. The second-order valence-corrected chi connectivity index (χ2v) is 4.86. The van der Waals surface area contributed by atoms with Crippen molar-refractivity contribution in [3.63, 3.8) is 0 Å². The van der Waals surface area contributed by atoms with Crippen LogP contribution in [0.5, 0.6) is 17.2 Å². The van der Waals surface area contributed by atoms with Crippen LogP contribution in [0.4, 0.5) is 0 Å². The van der Waals surface area contributed by atoms with E-state index in [1.54, 1.807) is 0 Å². The molecule has 102 valence electrons. The highest BCUT2D eigenvalue weighted by Crippen LogP contribution is 2.36. The SMILES string of the molecule is CC(C)CC(O)CNCc1ccc(O)c(O)c1O. The molecule has 0 amide bonds. The maximum absolute atomic E-state index is 9.65. The summed E-state index contributed by atoms with van der Waals surface area (Å²) in [5.74, 6) is -0.776. The Balaban J connectivity index is 2.47. The van der Waals surface area contributed by atoms with Crippen molar-refractivity contribution in [1.82, 2.24) is 5.32 Å². The van der Waals surface area contributed by atoms with Gasteiger partial charge in [-0.1, -0.05) is 19.9 Å². The summed E-state index contributed by atoms with van der Waals surface area (Å²) >= 11 is 0. The van der Waals surface area contributed by atoms with Crippen LogP contribution >= 0.6 is 0 Å². The first-order chi connectivity index (χ1) is 8.41. The molecular weight excluding hydrogens is 234 g/mol. The van der Waals surface area contributed by atoms with Gasteiger partial charge in [0, 0.05) is 18.7 Å². The Morgan fingerprint density at radius 3 is 2.39 bits per heavy atom. The van der Waals surface area contributed by atoms with Gasteiger partial charge in [-0.25, -0.2) is 0 Å². The summed E-state index contributed by atoms with van der Waals surface area (Å²) < 4.78 is 0. The predicted molar refractivity (Wildman–Crippen MR) is 68.6 cm³/mol. The number of aromatic hydroxyl groups is 3. The maximum atomic E-state index is 9.65. The van der Waals surface area contributed by atoms with Crippen molar-refractivity contribution in [2.45, 2.75) is 32.9 Å². The molecule has 1 aromatic carbocycles. The zero-order chi connectivity index (χ0) is 13.7. The van der Waals surface area contributed by atoms with Gasteiger partial charge in [0.2, 0.25) is 5.75 Å². The molecule has 5 N–H and O–H groups in total. The van der Waals surface area contributed by atoms with E-state index >= 15 is 0 Å². The number of hydrogen-bond acceptors (Lipinski definition) is 5. The molecule has 0 aliphatic heterocycles. The lowest BCUT2D eigenvalue weighted by molar-refractivity contribution is 0.146. The van der Waals surface area contributed by atoms with Crippen LogP contribution in [0.3, 0.4) is 0 Å². The van der Waals surface area contributed by atoms with Crippen LogP contribution in [0.1, 0.15) is 25.8 Å². The van der Waals surface area contributed by atoms with E-state index in [4.69, 9.17) is 5.11 Å². The smallest absolute Gasteiger partial charge is 0.200 e. The van der Waals surface area contributed by atoms with Crippen molar-refractivity contribution in [2.24, 2.45) is 5.92 Å². The summed E-state index contributed by atoms with van der Waals surface area (Å²) in [6.45, 7) is 4.80. The van der Waals surface area contributed by atoms with Crippen molar-refractivity contribution in [3.8, 4) is 17.2 Å². The third-order valence-corrected chi connectivity index (χ3v) is 2.65. The number of rotatable bonds is 6. The van der Waals surface area contributed by atoms with Gasteiger partial charge in [-0.15, -0.1) is 0 Å². The average Bonchev–Trinajstić information content (AvgIpc) is 2.28. The van der Waals surface area contributed by atoms with E-state index in [1.807, 2.05) is 13.8 Å². The molecule has 18 heavy (non-hydrogen) atoms. The lowest BCUT2D eigenvalue weighted by Gasteiger charge is -2.14. The Kier molecular flexibility index (Phi) is 5.25. The summed E-state index contributed by atoms with van der Waals surface area (Å²) in [6, 6.07) is 2.84. The molecule has 1 atom stereocenters. The highest BCUT2D eigenvalue weighted by atomic mass is 16.3. The van der Waals surface area contributed by atoms with Crippen LogP contribution in [0.2, 0.25) is 0 Å². The normalized spacial score (nSPS) is 12.9. The van der Waals surface area contributed by atoms with E-state index in [0.717, 1.165) is 0 Å². The average molecular weight is 255 g/mol. The van der Waals surface area contributed by atoms with E-state index in [1.165, 1.54) is 12.1 Å². The Morgan fingerprint density at radius 1 is 1.11 bits per heavy atom. The van der Waals surface area contributed by atoms with Crippen LogP contribution in [0.25, 0.3) is 0 Å². The number of benzene rings is 1. The van der Waals surface area contributed by atoms with Crippen molar-refractivity contribution < 1.29 is 20.4 Å². The van der Waals surface area contributed by atoms with Crippen molar-refractivity contribution in [2.75, 3.05) is 6.54 Å². The second-order valence-electron chi connectivity index (χ2n) is 4.86. The maximum Gasteiger partial charge on any atom is 0.200 e. The highest BCUT2D eigenvalue weighted by Gasteiger charge is 2.11. The Morgan fingerprint density at radius 2 is 1.78 bits per heavy atom. The molecule has 5 nitrogen and oxygen atoms in total. The largest absolute Gasteiger partial charge is 0.504 e. The zero-order valence-electron chi connectivity index (χ0n) is 10.7. The first kappa shape index (κ1) is 14.6. The topological polar surface area (TPSA) is 93.0 Å². The van der Waals surface area contributed by atoms with Crippen LogP contribution in [-0.2, 0) is 6.54 Å². The fraction of sp³-hybridized carbons (Fsp3) is 0.538. The number of phenols is 3. The molecular formula is C13H21NO4. The first-order valence-corrected chi connectivity index (χ1v) is 6.03. The summed E-state index contributed by atoms with van der Waals surface area (Å²) in [6.07, 6.45) is 0.276. The fourth-order valence-electron chi connectivity index (χ4n) is 1.75. The van der Waals surface area contributed by atoms with Gasteiger partial charge in [-0.05, 0) is 18.4 Å². The third-order valence-electron chi connectivity index (χ3n) is 2.65. The molecule has 0 bridgehead atoms. The number of phenolic OH excluding ortho intramolecular Hbond substituents is 3. The summed E-state index contributed by atoms with van der Waals surface area (Å²) in [7, 11) is 0. The summed E-state index contributed by atoms with van der Waals surface area (Å²) in [5.41, 5.74) is 0.474. The minimum atomic E-state index is -0.517. The van der Waals surface area contributed by atoms with Crippen LogP contribution < -0.4 is 5.32 Å². The molecule has 0 spiro atoms. The zero-order valence-corrected chi connectivity index (χ0v) is 10.7. The number of nitrogens with one attached hydrogen (secondary N) is 1. The quantitative estimate of drug-likeness (QED) is 0.494. The van der Waals surface area contributed by atoms with E-state index in [2.05, 4.69) is 5.32 Å². The second kappa shape index (κ2) is 6.47. The van der Waals surface area contributed by atoms with E-state index in [-0.39, 0.29) is 11.5 Å². The predicted octanol–water partition coefficient (Wildman–Crippen LogP) is 1.30. The Bertz CT molecular complexity index is 393. The molecule has 0 aliphatic carbocycles. The van der Waals surface area contributed by atoms with Crippen LogP contribution in [0, 0.1) is 5.92 Å². The molecule has 1 rings (SSSR count). The highest BCUT2D eigenvalue weighted by molar-refractivity contribution is 5.52. The molecule has 0 fully saturated rings. The van der Waals surface area contributed by atoms with Crippen molar-refractivity contribution >= 4 is 0 Å². The van der Waals surface area contributed by atoms with Gasteiger partial charge in [0.1, 0.15) is 0 Å². The van der Waals surface area contributed by atoms with Gasteiger partial charge in [0.05, 0.1) is 6.10 Å². The molecule has 0 heterocycles. The molecule has 0 aliphatic rings. The molecule has 0 radical (unpaired) electrons. The molecule has 0 aromatic heterocycles. The van der Waals surface area contributed by atoms with E-state index < -0.39 is 11.9 Å². The van der Waals surface area contributed by atoms with Gasteiger partial charge in [-0.2, -0.15) is 0 Å². The van der Waals surface area contributed by atoms with Crippen LogP contribution in [-0.4, -0.2) is 33.1 Å². The summed E-state index contributed by atoms with van der Waals surface area (Å²) in [4.78, 5) is 0. The Labute approximate surface area is 107 Å². The molecule has 0 saturated heterocycles.